The van der Waals surface area contributed by atoms with E-state index < -0.39 is 0 Å². The lowest BCUT2D eigenvalue weighted by Crippen LogP contribution is -2.27. The second-order valence-electron chi connectivity index (χ2n) is 5.37. The molecule has 3 unspecified atom stereocenters. The van der Waals surface area contributed by atoms with Crippen molar-refractivity contribution in [2.45, 2.75) is 50.9 Å². The van der Waals surface area contributed by atoms with Gasteiger partial charge in [-0.2, -0.15) is 0 Å². The Hall–Kier alpha value is -0.640. The van der Waals surface area contributed by atoms with Gasteiger partial charge in [0.25, 0.3) is 0 Å². The van der Waals surface area contributed by atoms with Gasteiger partial charge >= 0.3 is 0 Å². The second-order valence-corrected chi connectivity index (χ2v) is 5.75. The zero-order valence-corrected chi connectivity index (χ0v) is 10.4. The Balaban J connectivity index is 1.73. The number of aromatic amines is 2. The first-order chi connectivity index (χ1) is 7.83. The number of nitrogens with zero attached hydrogens (tertiary/aromatic N) is 1. The number of hydrogen-bond acceptors (Lipinski definition) is 2. The average Bonchev–Trinajstić information content (AvgIpc) is 2.75. The molecule has 3 atom stereocenters. The number of nitrogens with one attached hydrogen (secondary N) is 2. The summed E-state index contributed by atoms with van der Waals surface area (Å²) in [6.45, 7) is 0. The van der Waals surface area contributed by atoms with Crippen molar-refractivity contribution < 1.29 is 0 Å². The third-order valence-corrected chi connectivity index (χ3v) is 4.64. The van der Waals surface area contributed by atoms with Gasteiger partial charge in [0.05, 0.1) is 0 Å². The molecule has 0 aliphatic heterocycles. The van der Waals surface area contributed by atoms with Crippen LogP contribution in [0.4, 0.5) is 0 Å². The molecule has 0 amide bonds. The maximum atomic E-state index is 5.02. The third kappa shape index (κ3) is 1.95. The Kier molecular flexibility index (Phi) is 2.84. The van der Waals surface area contributed by atoms with Crippen LogP contribution in [0.1, 0.15) is 56.7 Å². The van der Waals surface area contributed by atoms with Crippen molar-refractivity contribution in [2.75, 3.05) is 0 Å². The zero-order valence-electron chi connectivity index (χ0n) is 9.54. The molecule has 88 valence electrons. The van der Waals surface area contributed by atoms with Gasteiger partial charge in [0.2, 0.25) is 4.77 Å². The number of aromatic nitrogens is 3. The molecule has 2 saturated carbocycles. The first kappa shape index (κ1) is 10.5. The molecule has 1 heterocycles. The lowest BCUT2D eigenvalue weighted by molar-refractivity contribution is 0.153. The van der Waals surface area contributed by atoms with Crippen LogP contribution in [0.3, 0.4) is 0 Å². The minimum absolute atomic E-state index is 0.598. The van der Waals surface area contributed by atoms with Crippen LogP contribution in [0.5, 0.6) is 0 Å². The van der Waals surface area contributed by atoms with E-state index in [1.807, 2.05) is 0 Å². The maximum Gasteiger partial charge on any atom is 0.213 e. The van der Waals surface area contributed by atoms with E-state index in [-0.39, 0.29) is 0 Å². The van der Waals surface area contributed by atoms with Gasteiger partial charge in [0.1, 0.15) is 5.82 Å². The molecule has 3 nitrogen and oxygen atoms in total. The van der Waals surface area contributed by atoms with E-state index in [2.05, 4.69) is 15.2 Å². The van der Waals surface area contributed by atoms with E-state index in [1.54, 1.807) is 0 Å². The van der Waals surface area contributed by atoms with E-state index in [0.717, 1.165) is 17.7 Å². The number of rotatable bonds is 1. The Morgan fingerprint density at radius 3 is 2.56 bits per heavy atom. The maximum absolute atomic E-state index is 5.02. The molecular weight excluding hydrogens is 218 g/mol. The van der Waals surface area contributed by atoms with Crippen LogP contribution in [-0.2, 0) is 0 Å². The Morgan fingerprint density at radius 2 is 1.81 bits per heavy atom. The first-order valence-corrected chi connectivity index (χ1v) is 6.88. The van der Waals surface area contributed by atoms with Crippen LogP contribution in [0.25, 0.3) is 0 Å². The summed E-state index contributed by atoms with van der Waals surface area (Å²) >= 11 is 5.02. The summed E-state index contributed by atoms with van der Waals surface area (Å²) in [7, 11) is 0. The molecule has 4 heteroatoms. The van der Waals surface area contributed by atoms with Crippen LogP contribution in [-0.4, -0.2) is 15.2 Å². The van der Waals surface area contributed by atoms with Crippen molar-refractivity contribution in [3.63, 3.8) is 0 Å². The number of H-pyrrole nitrogens is 2. The van der Waals surface area contributed by atoms with Crippen LogP contribution < -0.4 is 0 Å². The summed E-state index contributed by atoms with van der Waals surface area (Å²) in [6.07, 6.45) is 9.79. The molecule has 2 aliphatic carbocycles. The van der Waals surface area contributed by atoms with Crippen molar-refractivity contribution in [1.82, 2.24) is 15.2 Å². The molecule has 0 radical (unpaired) electrons. The highest BCUT2D eigenvalue weighted by Gasteiger charge is 2.33. The molecule has 0 aromatic carbocycles. The highest BCUT2D eigenvalue weighted by Crippen LogP contribution is 2.45. The van der Waals surface area contributed by atoms with Gasteiger partial charge < -0.3 is 0 Å². The molecule has 2 fully saturated rings. The highest BCUT2D eigenvalue weighted by molar-refractivity contribution is 7.71. The Bertz CT molecular complexity index is 408. The second kappa shape index (κ2) is 4.32. The van der Waals surface area contributed by atoms with Crippen molar-refractivity contribution in [3.05, 3.63) is 10.6 Å². The summed E-state index contributed by atoms with van der Waals surface area (Å²) in [5.41, 5.74) is 0. The molecular formula is C12H19N3S. The van der Waals surface area contributed by atoms with Crippen molar-refractivity contribution in [3.8, 4) is 0 Å². The van der Waals surface area contributed by atoms with Crippen LogP contribution in [0, 0.1) is 16.6 Å². The van der Waals surface area contributed by atoms with Crippen molar-refractivity contribution in [1.29, 1.82) is 0 Å². The largest absolute Gasteiger partial charge is 0.285 e. The minimum atomic E-state index is 0.598. The quantitative estimate of drug-likeness (QED) is 0.734. The topological polar surface area (TPSA) is 44.5 Å². The van der Waals surface area contributed by atoms with Crippen LogP contribution in [0.15, 0.2) is 0 Å². The Labute approximate surface area is 101 Å². The minimum Gasteiger partial charge on any atom is -0.285 e. The molecule has 0 saturated heterocycles. The fourth-order valence-corrected chi connectivity index (χ4v) is 3.75. The molecule has 16 heavy (non-hydrogen) atoms. The fourth-order valence-electron chi connectivity index (χ4n) is 3.60. The van der Waals surface area contributed by atoms with E-state index in [4.69, 9.17) is 12.2 Å². The molecule has 0 spiro atoms. The van der Waals surface area contributed by atoms with Crippen LogP contribution in [0.2, 0.25) is 0 Å². The molecule has 0 bridgehead atoms. The molecule has 1 aromatic rings. The summed E-state index contributed by atoms with van der Waals surface area (Å²) in [4.78, 5) is 4.38. The van der Waals surface area contributed by atoms with Gasteiger partial charge in [-0.05, 0) is 43.3 Å². The normalized spacial score (nSPS) is 34.6. The SMILES string of the molecule is S=c1nc(C2CCC3CCCCC3C2)[nH][nH]1. The third-order valence-electron chi connectivity index (χ3n) is 4.45. The highest BCUT2D eigenvalue weighted by atomic mass is 32.1. The van der Waals surface area contributed by atoms with E-state index in [9.17, 15) is 0 Å². The molecule has 2 aliphatic rings. The van der Waals surface area contributed by atoms with Gasteiger partial charge in [-0.25, -0.2) is 4.98 Å². The van der Waals surface area contributed by atoms with Gasteiger partial charge in [-0.3, -0.25) is 10.2 Å². The zero-order chi connectivity index (χ0) is 11.0. The van der Waals surface area contributed by atoms with Gasteiger partial charge in [-0.15, -0.1) is 0 Å². The summed E-state index contributed by atoms with van der Waals surface area (Å²) < 4.78 is 0.598. The predicted octanol–water partition coefficient (Wildman–Crippen LogP) is 3.54. The standard InChI is InChI=1S/C12H19N3S/c16-12-13-11(14-15-12)10-6-5-8-3-1-2-4-9(8)7-10/h8-10H,1-7H2,(H2,13,14,15,16). The summed E-state index contributed by atoms with van der Waals surface area (Å²) in [5.74, 6) is 3.67. The van der Waals surface area contributed by atoms with Gasteiger partial charge in [-0.1, -0.05) is 25.7 Å². The predicted molar refractivity (Wildman–Crippen MR) is 65.8 cm³/mol. The number of fused-ring (bicyclic) bond motifs is 1. The van der Waals surface area contributed by atoms with Crippen LogP contribution >= 0.6 is 12.2 Å². The smallest absolute Gasteiger partial charge is 0.213 e. The number of hydrogen-bond donors (Lipinski definition) is 2. The molecule has 1 aromatic heterocycles. The van der Waals surface area contributed by atoms with Gasteiger partial charge in [0.15, 0.2) is 0 Å². The molecule has 3 rings (SSSR count). The van der Waals surface area contributed by atoms with Crippen molar-refractivity contribution >= 4 is 12.2 Å². The monoisotopic (exact) mass is 237 g/mol. The van der Waals surface area contributed by atoms with E-state index in [1.165, 1.54) is 44.9 Å². The average molecular weight is 237 g/mol. The van der Waals surface area contributed by atoms with E-state index >= 15 is 0 Å². The molecule has 2 N–H and O–H groups in total. The Morgan fingerprint density at radius 1 is 1.00 bits per heavy atom. The van der Waals surface area contributed by atoms with Crippen molar-refractivity contribution in [2.24, 2.45) is 11.8 Å². The van der Waals surface area contributed by atoms with E-state index in [0.29, 0.717) is 10.7 Å². The lowest BCUT2D eigenvalue weighted by atomic mass is 9.67. The van der Waals surface area contributed by atoms with Gasteiger partial charge in [0, 0.05) is 5.92 Å². The first-order valence-electron chi connectivity index (χ1n) is 6.47. The summed E-state index contributed by atoms with van der Waals surface area (Å²) in [5, 5.41) is 6.05. The summed E-state index contributed by atoms with van der Waals surface area (Å²) in [6, 6.07) is 0. The lowest BCUT2D eigenvalue weighted by Gasteiger charge is -2.38. The fraction of sp³-hybridized carbons (Fsp3) is 0.833.